The number of thiazole rings is 1. The van der Waals surface area contributed by atoms with Crippen LogP contribution in [0.1, 0.15) is 32.9 Å². The quantitative estimate of drug-likeness (QED) is 0.947. The number of hydrogen-bond donors (Lipinski definition) is 1. The lowest BCUT2D eigenvalue weighted by Crippen LogP contribution is -2.28. The topological polar surface area (TPSA) is 45.2 Å². The van der Waals surface area contributed by atoms with E-state index >= 15 is 0 Å². The maximum Gasteiger partial charge on any atom is 0.254 e. The zero-order valence-corrected chi connectivity index (χ0v) is 13.2. The average molecular weight is 301 g/mol. The van der Waals surface area contributed by atoms with Crippen LogP contribution in [0.5, 0.6) is 0 Å². The fourth-order valence-electron chi connectivity index (χ4n) is 2.68. The van der Waals surface area contributed by atoms with Crippen LogP contribution in [0.2, 0.25) is 0 Å². The number of aryl methyl sites for hydroxylation is 1. The summed E-state index contributed by atoms with van der Waals surface area (Å²) in [5, 5.41) is 3.37. The van der Waals surface area contributed by atoms with Crippen molar-refractivity contribution in [2.75, 3.05) is 18.9 Å². The third-order valence-corrected chi connectivity index (χ3v) is 4.82. The van der Waals surface area contributed by atoms with Gasteiger partial charge in [-0.1, -0.05) is 6.07 Å². The van der Waals surface area contributed by atoms with Gasteiger partial charge in [-0.2, -0.15) is 0 Å². The first-order valence-corrected chi connectivity index (χ1v) is 8.05. The van der Waals surface area contributed by atoms with Crippen LogP contribution in [0.4, 0.5) is 5.69 Å². The standard InChI is InChI=1S/C16H19N3OS/c1-11-15(21-10-18-11)9-19(2)16(20)13-5-3-7-14-12(13)6-4-8-17-14/h3,5,7,10,17H,4,6,8-9H2,1-2H3. The molecule has 0 saturated heterocycles. The molecule has 2 heterocycles. The maximum atomic E-state index is 12.7. The zero-order chi connectivity index (χ0) is 14.8. The molecule has 0 fully saturated rings. The number of carbonyl (C=O) groups excluding carboxylic acids is 1. The van der Waals surface area contributed by atoms with E-state index in [0.29, 0.717) is 6.54 Å². The molecule has 0 aliphatic carbocycles. The van der Waals surface area contributed by atoms with Crippen LogP contribution in [0.3, 0.4) is 0 Å². The van der Waals surface area contributed by atoms with Crippen molar-refractivity contribution in [2.24, 2.45) is 0 Å². The number of benzene rings is 1. The summed E-state index contributed by atoms with van der Waals surface area (Å²) in [4.78, 5) is 19.9. The molecule has 0 unspecified atom stereocenters. The Morgan fingerprint density at radius 3 is 3.10 bits per heavy atom. The summed E-state index contributed by atoms with van der Waals surface area (Å²) in [6.45, 7) is 3.59. The van der Waals surface area contributed by atoms with Gasteiger partial charge in [0.05, 0.1) is 17.7 Å². The average Bonchev–Trinajstić information content (AvgIpc) is 2.91. The van der Waals surface area contributed by atoms with Crippen LogP contribution in [0.15, 0.2) is 23.7 Å². The van der Waals surface area contributed by atoms with Crippen LogP contribution in [0.25, 0.3) is 0 Å². The van der Waals surface area contributed by atoms with Gasteiger partial charge >= 0.3 is 0 Å². The molecule has 1 amide bonds. The molecule has 4 nitrogen and oxygen atoms in total. The van der Waals surface area contributed by atoms with Gasteiger partial charge in [-0.05, 0) is 37.5 Å². The van der Waals surface area contributed by atoms with E-state index in [0.717, 1.165) is 46.8 Å². The van der Waals surface area contributed by atoms with Crippen molar-refractivity contribution >= 4 is 22.9 Å². The molecular weight excluding hydrogens is 282 g/mol. The largest absolute Gasteiger partial charge is 0.385 e. The number of nitrogens with zero attached hydrogens (tertiary/aromatic N) is 2. The van der Waals surface area contributed by atoms with Crippen molar-refractivity contribution in [1.29, 1.82) is 0 Å². The number of fused-ring (bicyclic) bond motifs is 1. The predicted octanol–water partition coefficient (Wildman–Crippen LogP) is 3.08. The van der Waals surface area contributed by atoms with E-state index in [1.54, 1.807) is 16.2 Å². The van der Waals surface area contributed by atoms with Gasteiger partial charge in [0.15, 0.2) is 0 Å². The highest BCUT2D eigenvalue weighted by Gasteiger charge is 2.20. The summed E-state index contributed by atoms with van der Waals surface area (Å²) in [6.07, 6.45) is 2.05. The lowest BCUT2D eigenvalue weighted by atomic mass is 9.97. The van der Waals surface area contributed by atoms with E-state index in [1.807, 2.05) is 31.6 Å². The summed E-state index contributed by atoms with van der Waals surface area (Å²) in [7, 11) is 1.86. The summed E-state index contributed by atoms with van der Waals surface area (Å²) in [6, 6.07) is 5.94. The van der Waals surface area contributed by atoms with E-state index in [9.17, 15) is 4.79 Å². The number of hydrogen-bond acceptors (Lipinski definition) is 4. The highest BCUT2D eigenvalue weighted by molar-refractivity contribution is 7.09. The molecule has 1 aliphatic heterocycles. The van der Waals surface area contributed by atoms with Crippen LogP contribution < -0.4 is 5.32 Å². The van der Waals surface area contributed by atoms with Crippen molar-refractivity contribution < 1.29 is 4.79 Å². The summed E-state index contributed by atoms with van der Waals surface area (Å²) in [5.74, 6) is 0.0864. The first kappa shape index (κ1) is 14.1. The number of amides is 1. The van der Waals surface area contributed by atoms with Gasteiger partial charge in [0.1, 0.15) is 0 Å². The van der Waals surface area contributed by atoms with Crippen molar-refractivity contribution in [3.8, 4) is 0 Å². The molecule has 110 valence electrons. The van der Waals surface area contributed by atoms with Crippen LogP contribution >= 0.6 is 11.3 Å². The Labute approximate surface area is 128 Å². The predicted molar refractivity (Wildman–Crippen MR) is 85.9 cm³/mol. The second-order valence-electron chi connectivity index (χ2n) is 5.38. The van der Waals surface area contributed by atoms with E-state index in [-0.39, 0.29) is 5.91 Å². The third-order valence-electron chi connectivity index (χ3n) is 3.90. The molecule has 0 spiro atoms. The fourth-order valence-corrected chi connectivity index (χ4v) is 3.51. The van der Waals surface area contributed by atoms with Crippen molar-refractivity contribution in [1.82, 2.24) is 9.88 Å². The smallest absolute Gasteiger partial charge is 0.254 e. The molecule has 1 aromatic carbocycles. The second-order valence-corrected chi connectivity index (χ2v) is 6.32. The van der Waals surface area contributed by atoms with Crippen molar-refractivity contribution in [2.45, 2.75) is 26.3 Å². The Hall–Kier alpha value is -1.88. The molecule has 1 aromatic heterocycles. The molecule has 0 radical (unpaired) electrons. The van der Waals surface area contributed by atoms with Gasteiger partial charge in [0, 0.05) is 29.7 Å². The molecule has 5 heteroatoms. The lowest BCUT2D eigenvalue weighted by Gasteiger charge is -2.23. The van der Waals surface area contributed by atoms with Crippen LogP contribution in [-0.2, 0) is 13.0 Å². The minimum Gasteiger partial charge on any atom is -0.385 e. The minimum atomic E-state index is 0.0864. The third kappa shape index (κ3) is 2.78. The monoisotopic (exact) mass is 301 g/mol. The molecule has 2 aromatic rings. The Morgan fingerprint density at radius 1 is 1.48 bits per heavy atom. The number of aromatic nitrogens is 1. The lowest BCUT2D eigenvalue weighted by molar-refractivity contribution is 0.0785. The minimum absolute atomic E-state index is 0.0864. The molecule has 1 N–H and O–H groups in total. The van der Waals surface area contributed by atoms with Gasteiger partial charge in [-0.3, -0.25) is 4.79 Å². The van der Waals surface area contributed by atoms with Gasteiger partial charge in [0.2, 0.25) is 0 Å². The zero-order valence-electron chi connectivity index (χ0n) is 12.3. The van der Waals surface area contributed by atoms with Crippen LogP contribution in [-0.4, -0.2) is 29.4 Å². The van der Waals surface area contributed by atoms with Gasteiger partial charge in [-0.25, -0.2) is 4.98 Å². The summed E-state index contributed by atoms with van der Waals surface area (Å²) >= 11 is 1.60. The molecule has 0 atom stereocenters. The van der Waals surface area contributed by atoms with E-state index < -0.39 is 0 Å². The summed E-state index contributed by atoms with van der Waals surface area (Å²) < 4.78 is 0. The van der Waals surface area contributed by atoms with E-state index in [4.69, 9.17) is 0 Å². The number of anilines is 1. The second kappa shape index (κ2) is 5.85. The van der Waals surface area contributed by atoms with E-state index in [2.05, 4.69) is 16.4 Å². The molecule has 0 bridgehead atoms. The Bertz CT molecular complexity index is 665. The number of carbonyl (C=O) groups is 1. The van der Waals surface area contributed by atoms with Gasteiger partial charge in [0.25, 0.3) is 5.91 Å². The highest BCUT2D eigenvalue weighted by Crippen LogP contribution is 2.26. The molecule has 0 saturated carbocycles. The molecular formula is C16H19N3OS. The molecule has 21 heavy (non-hydrogen) atoms. The number of nitrogens with one attached hydrogen (secondary N) is 1. The first-order chi connectivity index (χ1) is 10.2. The maximum absolute atomic E-state index is 12.7. The van der Waals surface area contributed by atoms with E-state index in [1.165, 1.54) is 0 Å². The Morgan fingerprint density at radius 2 is 2.33 bits per heavy atom. The normalized spacial score (nSPS) is 13.4. The highest BCUT2D eigenvalue weighted by atomic mass is 32.1. The fraction of sp³-hybridized carbons (Fsp3) is 0.375. The molecule has 1 aliphatic rings. The van der Waals surface area contributed by atoms with Gasteiger partial charge in [-0.15, -0.1) is 11.3 Å². The Balaban J connectivity index is 1.83. The Kier molecular flexibility index (Phi) is 3.92. The SMILES string of the molecule is Cc1ncsc1CN(C)C(=O)c1cccc2c1CCCN2. The summed E-state index contributed by atoms with van der Waals surface area (Å²) in [5.41, 5.74) is 5.92. The van der Waals surface area contributed by atoms with Gasteiger partial charge < -0.3 is 10.2 Å². The molecule has 3 rings (SSSR count). The first-order valence-electron chi connectivity index (χ1n) is 7.17. The van der Waals surface area contributed by atoms with Crippen molar-refractivity contribution in [3.05, 3.63) is 45.4 Å². The number of rotatable bonds is 3. The van der Waals surface area contributed by atoms with Crippen LogP contribution in [0, 0.1) is 6.92 Å². The van der Waals surface area contributed by atoms with Crippen molar-refractivity contribution in [3.63, 3.8) is 0 Å².